The lowest BCUT2D eigenvalue weighted by Gasteiger charge is -2.38. The van der Waals surface area contributed by atoms with Crippen molar-refractivity contribution in [2.45, 2.75) is 145 Å². The number of benzene rings is 3. The number of anilines is 2. The van der Waals surface area contributed by atoms with Crippen molar-refractivity contribution in [1.29, 1.82) is 0 Å². The van der Waals surface area contributed by atoms with E-state index in [0.29, 0.717) is 44.0 Å². The molecule has 3 aromatic carbocycles. The molecule has 23 heteroatoms. The van der Waals surface area contributed by atoms with Gasteiger partial charge in [-0.25, -0.2) is 4.98 Å². The second kappa shape index (κ2) is 28.6. The first kappa shape index (κ1) is 66.3. The van der Waals surface area contributed by atoms with Crippen LogP contribution in [0.25, 0.3) is 38.7 Å². The van der Waals surface area contributed by atoms with Crippen LogP contribution in [0.1, 0.15) is 113 Å². The number of aldehydes is 2. The molecule has 9 atom stereocenters. The van der Waals surface area contributed by atoms with E-state index in [9.17, 15) is 53.7 Å². The number of esters is 3. The molecule has 5 N–H and O–H groups in total. The first-order valence-corrected chi connectivity index (χ1v) is 29.6. The van der Waals surface area contributed by atoms with Gasteiger partial charge in [0.05, 0.1) is 36.0 Å². The van der Waals surface area contributed by atoms with Crippen LogP contribution < -0.4 is 36.3 Å². The molecule has 23 nitrogen and oxygen atoms in total. The van der Waals surface area contributed by atoms with Crippen molar-refractivity contribution >= 4 is 92.4 Å². The van der Waals surface area contributed by atoms with Crippen molar-refractivity contribution in [2.75, 3.05) is 49.5 Å². The number of amides is 2. The lowest BCUT2D eigenvalue weighted by Crippen LogP contribution is -2.47. The van der Waals surface area contributed by atoms with Crippen LogP contribution in [0.15, 0.2) is 62.3 Å². The Hall–Kier alpha value is -8.18. The number of phenols is 1. The third kappa shape index (κ3) is 15.2. The summed E-state index contributed by atoms with van der Waals surface area (Å²) in [6, 6.07) is 1.82. The molecule has 1 aromatic heterocycles. The zero-order chi connectivity index (χ0) is 63.8. The summed E-state index contributed by atoms with van der Waals surface area (Å²) in [5.74, 6) is -9.13. The summed E-state index contributed by atoms with van der Waals surface area (Å²) in [5, 5.41) is 40.9. The number of rotatable bonds is 17. The number of hydrogen-bond acceptors (Lipinski definition) is 21. The van der Waals surface area contributed by atoms with E-state index in [4.69, 9.17) is 33.1 Å². The molecule has 0 saturated carbocycles. The highest BCUT2D eigenvalue weighted by molar-refractivity contribution is 6.17. The number of allylic oxidation sites excluding steroid dienone is 3. The van der Waals surface area contributed by atoms with E-state index in [-0.39, 0.29) is 93.5 Å². The van der Waals surface area contributed by atoms with Crippen molar-refractivity contribution in [3.63, 3.8) is 0 Å². The van der Waals surface area contributed by atoms with Gasteiger partial charge in [0.1, 0.15) is 53.5 Å². The molecule has 0 unspecified atom stereocenters. The molecule has 5 bridgehead atoms. The Bertz CT molecular complexity index is 3560. The van der Waals surface area contributed by atoms with Crippen LogP contribution in [0, 0.1) is 42.4 Å². The Morgan fingerprint density at radius 1 is 0.851 bits per heavy atom. The molecule has 5 heterocycles. The maximum absolute atomic E-state index is 15.1. The number of nitrogens with one attached hydrogen (secondary N) is 2. The standard InChI is InChI=1S/C64H81N5O18/c1-33(2)30-68-22-24-69(25-23-68)43-28-44(73)52-45(29-43)85-61-53(66-52)49-50-56(78)40(9)60-51(49)62(80)64(11,87-60)83-27-21-34(3)37(6)59(84-41(10)72)39(8)55(77)38(7)58(35(4)16-15-17-36(5)63(81)67-54(61)57(50)79)86-48(76)18-13-12-14-26-82-47(75)20-19-46(74)65-42(31-70)32-71/h15-17,21,27-29,31-35,37-39,42,55,58-59,77-78,80H,12-14,18-20,22-26,30H2,1-11H3,(H,65,74)(H,67,81)/b16-15+,27-21+,36-17-/t34-,35-,37+,38-,39+,55+,58-,59+,64-/m0/s1. The number of aromatic nitrogens is 1. The van der Waals surface area contributed by atoms with Gasteiger partial charge < -0.3 is 68.5 Å². The van der Waals surface area contributed by atoms with Crippen molar-refractivity contribution < 1.29 is 77.0 Å². The lowest BCUT2D eigenvalue weighted by atomic mass is 9.77. The van der Waals surface area contributed by atoms with Crippen molar-refractivity contribution in [3.05, 3.63) is 79.5 Å². The fraction of sp³-hybridized carbons (Fsp3) is 0.531. The topological polar surface area (TPSA) is 317 Å². The van der Waals surface area contributed by atoms with Crippen LogP contribution >= 0.6 is 0 Å². The van der Waals surface area contributed by atoms with Crippen LogP contribution in [-0.4, -0.2) is 137 Å². The summed E-state index contributed by atoms with van der Waals surface area (Å²) >= 11 is 0. The smallest absolute Gasteiger partial charge is 0.307 e. The van der Waals surface area contributed by atoms with E-state index in [1.807, 2.05) is 13.8 Å². The molecule has 4 aliphatic heterocycles. The molecule has 0 aliphatic carbocycles. The quantitative estimate of drug-likeness (QED) is 0.0148. The number of piperazine rings is 1. The second-order valence-electron chi connectivity index (χ2n) is 23.7. The largest absolute Gasteiger partial charge is 0.507 e. The molecule has 470 valence electrons. The third-order valence-electron chi connectivity index (χ3n) is 16.6. The summed E-state index contributed by atoms with van der Waals surface area (Å²) in [5.41, 5.74) is -1.71. The van der Waals surface area contributed by atoms with Crippen LogP contribution in [0.4, 0.5) is 11.4 Å². The van der Waals surface area contributed by atoms with Gasteiger partial charge >= 0.3 is 23.7 Å². The van der Waals surface area contributed by atoms with Gasteiger partial charge in [-0.3, -0.25) is 38.5 Å². The molecule has 4 aliphatic rings. The number of aromatic hydroxyl groups is 1. The van der Waals surface area contributed by atoms with Gasteiger partial charge in [0.2, 0.25) is 16.8 Å². The Morgan fingerprint density at radius 2 is 1.54 bits per heavy atom. The molecule has 8 rings (SSSR count). The Balaban J connectivity index is 1.25. The number of carbonyl (C=O) groups excluding carboxylic acids is 7. The number of hydrogen-bond donors (Lipinski definition) is 5. The van der Waals surface area contributed by atoms with Crippen molar-refractivity contribution in [3.8, 4) is 11.5 Å². The lowest BCUT2D eigenvalue weighted by molar-refractivity contribution is -0.164. The highest BCUT2D eigenvalue weighted by Crippen LogP contribution is 2.43. The van der Waals surface area contributed by atoms with E-state index in [0.717, 1.165) is 19.6 Å². The number of carbonyl (C=O) groups is 7. The van der Waals surface area contributed by atoms with E-state index >= 15 is 4.79 Å². The average Bonchev–Trinajstić information content (AvgIpc) is 1.76. The van der Waals surface area contributed by atoms with E-state index in [1.165, 1.54) is 46.1 Å². The summed E-state index contributed by atoms with van der Waals surface area (Å²) in [6.07, 6.45) is 5.57. The highest BCUT2D eigenvalue weighted by atomic mass is 16.7. The molecular formula is C64H81N5O18. The molecule has 4 aromatic rings. The molecule has 0 radical (unpaired) electrons. The van der Waals surface area contributed by atoms with Crippen molar-refractivity contribution in [1.82, 2.24) is 15.2 Å². The number of ether oxygens (including phenoxy) is 5. The van der Waals surface area contributed by atoms with Crippen LogP contribution in [-0.2, 0) is 52.5 Å². The van der Waals surface area contributed by atoms with Gasteiger partial charge in [0.15, 0.2) is 22.4 Å². The minimum Gasteiger partial charge on any atom is -0.507 e. The Morgan fingerprint density at radius 3 is 2.21 bits per heavy atom. The monoisotopic (exact) mass is 1210 g/mol. The predicted octanol–water partition coefficient (Wildman–Crippen LogP) is 6.28. The normalized spacial score (nSPS) is 25.4. The van der Waals surface area contributed by atoms with Gasteiger partial charge in [-0.05, 0) is 56.9 Å². The molecule has 87 heavy (non-hydrogen) atoms. The molecule has 0 spiro atoms. The van der Waals surface area contributed by atoms with Gasteiger partial charge in [-0.1, -0.05) is 66.7 Å². The minimum absolute atomic E-state index is 0.00329. The van der Waals surface area contributed by atoms with Crippen LogP contribution in [0.3, 0.4) is 0 Å². The number of aliphatic hydroxyl groups is 2. The number of nitrogens with zero attached hydrogens (tertiary/aromatic N) is 3. The van der Waals surface area contributed by atoms with Crippen LogP contribution in [0.2, 0.25) is 0 Å². The maximum atomic E-state index is 15.1. The Kier molecular flexibility index (Phi) is 21.8. The summed E-state index contributed by atoms with van der Waals surface area (Å²) in [6.45, 7) is 22.5. The van der Waals surface area contributed by atoms with Gasteiger partial charge in [0.25, 0.3) is 5.91 Å². The van der Waals surface area contributed by atoms with Crippen LogP contribution in [0.5, 0.6) is 11.5 Å². The van der Waals surface area contributed by atoms with E-state index in [1.54, 1.807) is 45.1 Å². The van der Waals surface area contributed by atoms with E-state index < -0.39 is 118 Å². The van der Waals surface area contributed by atoms with E-state index in [2.05, 4.69) is 34.3 Å². The summed E-state index contributed by atoms with van der Waals surface area (Å²) in [4.78, 5) is 125. The number of aliphatic hydroxyl groups excluding tert-OH is 2. The number of unbranched alkanes of at least 4 members (excludes halogenated alkanes) is 2. The van der Waals surface area contributed by atoms with Gasteiger partial charge in [0, 0.05) is 112 Å². The zero-order valence-electron chi connectivity index (χ0n) is 51.3. The fourth-order valence-corrected chi connectivity index (χ4v) is 11.4. The summed E-state index contributed by atoms with van der Waals surface area (Å²) < 4.78 is 36.4. The predicted molar refractivity (Wildman–Crippen MR) is 323 cm³/mol. The highest BCUT2D eigenvalue weighted by Gasteiger charge is 2.44. The molecule has 1 saturated heterocycles. The zero-order valence-corrected chi connectivity index (χ0v) is 51.3. The Labute approximate surface area is 503 Å². The van der Waals surface area contributed by atoms with Crippen molar-refractivity contribution in [2.24, 2.45) is 35.5 Å². The molecular weight excluding hydrogens is 1130 g/mol. The third-order valence-corrected chi connectivity index (χ3v) is 16.6. The minimum atomic E-state index is -2.00. The van der Waals surface area contributed by atoms with Gasteiger partial charge in [-0.2, -0.15) is 0 Å². The maximum Gasteiger partial charge on any atom is 0.307 e. The first-order valence-electron chi connectivity index (χ1n) is 29.6. The molecule has 2 amide bonds. The number of phenolic OH excluding ortho intramolecular Hbond substituents is 1. The second-order valence-corrected chi connectivity index (χ2v) is 23.7. The first-order chi connectivity index (χ1) is 41.2. The average molecular weight is 1210 g/mol. The van der Waals surface area contributed by atoms with Gasteiger partial charge in [-0.15, -0.1) is 0 Å². The number of fused-ring (bicyclic) bond motifs is 14. The summed E-state index contributed by atoms with van der Waals surface area (Å²) in [7, 11) is 0. The fourth-order valence-electron chi connectivity index (χ4n) is 11.4. The SMILES string of the molecule is CC(=O)O[C@H]1[C@H](C)[C@H](O)[C@H](C)[C@@H](OC(=O)CCCCCOC(=O)CCC(=O)NC(C=O)C=O)[C@@H](C)/C=C/C=C(/C)C(=O)Nc2c(=O)c3c(O)c(C)c4c(c3c3nc5c(=O)cc(N6CCN(CC(C)C)CC6)cc5oc23)=C(O)[C@@](C)(O/C=C/[C@H](C)[C@H]1C)O4. The molecule has 1 fully saturated rings.